The highest BCUT2D eigenvalue weighted by Gasteiger charge is 2.15. The molecule has 0 unspecified atom stereocenters. The van der Waals surface area contributed by atoms with Crippen LogP contribution in [0, 0.1) is 0 Å². The number of nitrogens with zero attached hydrogens (tertiary/aromatic N) is 1. The molecule has 1 amide bonds. The van der Waals surface area contributed by atoms with Gasteiger partial charge in [0.25, 0.3) is 5.91 Å². The van der Waals surface area contributed by atoms with Crippen LogP contribution in [0.25, 0.3) is 11.3 Å². The van der Waals surface area contributed by atoms with Gasteiger partial charge in [-0.3, -0.25) is 14.7 Å². The number of nitrogens with one attached hydrogen (secondary N) is 2. The van der Waals surface area contributed by atoms with Crippen molar-refractivity contribution in [3.05, 3.63) is 71.9 Å². The molecule has 0 saturated carbocycles. The maximum atomic E-state index is 12.1. The Kier molecular flexibility index (Phi) is 5.41. The summed E-state index contributed by atoms with van der Waals surface area (Å²) in [6, 6.07) is 17.5. The number of amides is 1. The molecule has 0 radical (unpaired) electrons. The van der Waals surface area contributed by atoms with Crippen LogP contribution in [0.3, 0.4) is 0 Å². The van der Waals surface area contributed by atoms with Gasteiger partial charge >= 0.3 is 5.97 Å². The number of carbonyl (C=O) groups excluding carboxylic acids is 3. The minimum atomic E-state index is -0.695. The standard InChI is InChI=1S/C20H17N3O4/c1-13(24)15-9-5-6-10-16(15)21-19(25)12-27-20(26)18-11-17(22-23-18)14-7-3-2-4-8-14/h2-11H,12H2,1H3,(H,21,25)(H,22,23). The summed E-state index contributed by atoms with van der Waals surface area (Å²) >= 11 is 0. The molecule has 0 saturated heterocycles. The summed E-state index contributed by atoms with van der Waals surface area (Å²) in [6.07, 6.45) is 0. The number of ketones is 1. The average molecular weight is 363 g/mol. The average Bonchev–Trinajstić information content (AvgIpc) is 3.17. The van der Waals surface area contributed by atoms with Gasteiger partial charge in [-0.15, -0.1) is 0 Å². The van der Waals surface area contributed by atoms with E-state index < -0.39 is 18.5 Å². The number of benzene rings is 2. The number of Topliss-reactive ketones (excluding diaryl/α,β-unsaturated/α-hetero) is 1. The van der Waals surface area contributed by atoms with Gasteiger partial charge < -0.3 is 10.1 Å². The summed E-state index contributed by atoms with van der Waals surface area (Å²) in [5.74, 6) is -1.41. The van der Waals surface area contributed by atoms with Gasteiger partial charge in [0.1, 0.15) is 5.69 Å². The van der Waals surface area contributed by atoms with Crippen LogP contribution in [0.1, 0.15) is 27.8 Å². The molecule has 27 heavy (non-hydrogen) atoms. The monoisotopic (exact) mass is 363 g/mol. The number of aromatic amines is 1. The van der Waals surface area contributed by atoms with E-state index in [1.807, 2.05) is 30.3 Å². The molecule has 0 bridgehead atoms. The molecule has 2 aromatic carbocycles. The van der Waals surface area contributed by atoms with E-state index in [-0.39, 0.29) is 11.5 Å². The number of hydrogen-bond donors (Lipinski definition) is 2. The first kappa shape index (κ1) is 18.1. The first-order valence-electron chi connectivity index (χ1n) is 8.22. The lowest BCUT2D eigenvalue weighted by Crippen LogP contribution is -2.22. The van der Waals surface area contributed by atoms with Gasteiger partial charge in [0.2, 0.25) is 0 Å². The van der Waals surface area contributed by atoms with E-state index in [9.17, 15) is 14.4 Å². The van der Waals surface area contributed by atoms with Crippen molar-refractivity contribution < 1.29 is 19.1 Å². The Balaban J connectivity index is 1.59. The Bertz CT molecular complexity index is 980. The zero-order chi connectivity index (χ0) is 19.2. The summed E-state index contributed by atoms with van der Waals surface area (Å²) in [6.45, 7) is 0.929. The first-order chi connectivity index (χ1) is 13.0. The Morgan fingerprint density at radius 2 is 1.74 bits per heavy atom. The van der Waals surface area contributed by atoms with Crippen LogP contribution in [0.4, 0.5) is 5.69 Å². The van der Waals surface area contributed by atoms with E-state index >= 15 is 0 Å². The molecule has 2 N–H and O–H groups in total. The zero-order valence-electron chi connectivity index (χ0n) is 14.6. The normalized spacial score (nSPS) is 10.3. The molecule has 1 aromatic heterocycles. The number of aromatic nitrogens is 2. The fourth-order valence-electron chi connectivity index (χ4n) is 2.48. The Labute approximate surface area is 155 Å². The van der Waals surface area contributed by atoms with Gasteiger partial charge in [0.05, 0.1) is 11.4 Å². The van der Waals surface area contributed by atoms with Crippen molar-refractivity contribution >= 4 is 23.3 Å². The first-order valence-corrected chi connectivity index (χ1v) is 8.22. The molecular weight excluding hydrogens is 346 g/mol. The van der Waals surface area contributed by atoms with E-state index in [1.54, 1.807) is 30.3 Å². The van der Waals surface area contributed by atoms with Crippen molar-refractivity contribution in [1.29, 1.82) is 0 Å². The molecule has 0 aliphatic rings. The predicted molar refractivity (Wildman–Crippen MR) is 99.4 cm³/mol. The van der Waals surface area contributed by atoms with Crippen molar-refractivity contribution in [2.24, 2.45) is 0 Å². The van der Waals surface area contributed by atoms with Gasteiger partial charge in [0, 0.05) is 11.1 Å². The second-order valence-electron chi connectivity index (χ2n) is 5.76. The highest BCUT2D eigenvalue weighted by molar-refractivity contribution is 6.04. The largest absolute Gasteiger partial charge is 0.451 e. The molecule has 0 fully saturated rings. The van der Waals surface area contributed by atoms with E-state index in [0.717, 1.165) is 5.56 Å². The van der Waals surface area contributed by atoms with Gasteiger partial charge in [-0.05, 0) is 25.1 Å². The molecular formula is C20H17N3O4. The molecule has 0 aliphatic carbocycles. The van der Waals surface area contributed by atoms with Crippen LogP contribution in [-0.2, 0) is 9.53 Å². The fraction of sp³-hybridized carbons (Fsp3) is 0.100. The Hall–Kier alpha value is -3.74. The number of esters is 1. The second-order valence-corrected chi connectivity index (χ2v) is 5.76. The van der Waals surface area contributed by atoms with Crippen LogP contribution in [-0.4, -0.2) is 34.5 Å². The van der Waals surface area contributed by atoms with Crippen molar-refractivity contribution in [2.45, 2.75) is 6.92 Å². The van der Waals surface area contributed by atoms with Gasteiger partial charge in [0.15, 0.2) is 12.4 Å². The summed E-state index contributed by atoms with van der Waals surface area (Å²) in [5, 5.41) is 9.24. The smallest absolute Gasteiger partial charge is 0.356 e. The summed E-state index contributed by atoms with van der Waals surface area (Å²) < 4.78 is 5.00. The van der Waals surface area contributed by atoms with Gasteiger partial charge in [-0.25, -0.2) is 4.79 Å². The summed E-state index contributed by atoms with van der Waals surface area (Å²) in [7, 11) is 0. The third kappa shape index (κ3) is 4.46. The van der Waals surface area contributed by atoms with Crippen LogP contribution >= 0.6 is 0 Å². The van der Waals surface area contributed by atoms with E-state index in [1.165, 1.54) is 6.92 Å². The van der Waals surface area contributed by atoms with Crippen molar-refractivity contribution in [2.75, 3.05) is 11.9 Å². The lowest BCUT2D eigenvalue weighted by molar-refractivity contribution is -0.119. The van der Waals surface area contributed by atoms with Crippen molar-refractivity contribution in [1.82, 2.24) is 10.2 Å². The maximum Gasteiger partial charge on any atom is 0.356 e. The third-order valence-corrected chi connectivity index (χ3v) is 3.78. The highest BCUT2D eigenvalue weighted by Crippen LogP contribution is 2.18. The third-order valence-electron chi connectivity index (χ3n) is 3.78. The van der Waals surface area contributed by atoms with Crippen LogP contribution in [0.2, 0.25) is 0 Å². The minimum Gasteiger partial charge on any atom is -0.451 e. The number of H-pyrrole nitrogens is 1. The topological polar surface area (TPSA) is 101 Å². The van der Waals surface area contributed by atoms with Gasteiger partial charge in [-0.2, -0.15) is 5.10 Å². The van der Waals surface area contributed by atoms with Crippen molar-refractivity contribution in [3.8, 4) is 11.3 Å². The fourth-order valence-corrected chi connectivity index (χ4v) is 2.48. The lowest BCUT2D eigenvalue weighted by Gasteiger charge is -2.09. The highest BCUT2D eigenvalue weighted by atomic mass is 16.5. The Morgan fingerprint density at radius 3 is 2.48 bits per heavy atom. The molecule has 0 spiro atoms. The summed E-state index contributed by atoms with van der Waals surface area (Å²) in [5.41, 5.74) is 2.36. The maximum absolute atomic E-state index is 12.1. The molecule has 7 heteroatoms. The second kappa shape index (κ2) is 8.09. The number of anilines is 1. The quantitative estimate of drug-likeness (QED) is 0.518. The molecule has 3 rings (SSSR count). The number of hydrogen-bond acceptors (Lipinski definition) is 5. The van der Waals surface area contributed by atoms with E-state index in [0.29, 0.717) is 16.9 Å². The molecule has 0 aliphatic heterocycles. The molecule has 1 heterocycles. The van der Waals surface area contributed by atoms with Crippen molar-refractivity contribution in [3.63, 3.8) is 0 Å². The lowest BCUT2D eigenvalue weighted by atomic mass is 10.1. The minimum absolute atomic E-state index is 0.144. The number of ether oxygens (including phenoxy) is 1. The SMILES string of the molecule is CC(=O)c1ccccc1NC(=O)COC(=O)c1cc(-c2ccccc2)n[nH]1. The van der Waals surface area contributed by atoms with E-state index in [2.05, 4.69) is 15.5 Å². The zero-order valence-corrected chi connectivity index (χ0v) is 14.6. The number of carbonyl (C=O) groups is 3. The predicted octanol–water partition coefficient (Wildman–Crippen LogP) is 3.07. The number of para-hydroxylation sites is 1. The molecule has 7 nitrogen and oxygen atoms in total. The van der Waals surface area contributed by atoms with E-state index in [4.69, 9.17) is 4.74 Å². The van der Waals surface area contributed by atoms with Crippen LogP contribution < -0.4 is 5.32 Å². The Morgan fingerprint density at radius 1 is 1.04 bits per heavy atom. The molecule has 136 valence electrons. The van der Waals surface area contributed by atoms with Gasteiger partial charge in [-0.1, -0.05) is 42.5 Å². The van der Waals surface area contributed by atoms with Crippen LogP contribution in [0.5, 0.6) is 0 Å². The number of rotatable bonds is 6. The van der Waals surface area contributed by atoms with Crippen LogP contribution in [0.15, 0.2) is 60.7 Å². The summed E-state index contributed by atoms with van der Waals surface area (Å²) in [4.78, 5) is 35.7. The molecule has 0 atom stereocenters. The molecule has 3 aromatic rings.